The van der Waals surface area contributed by atoms with E-state index in [1.54, 1.807) is 11.3 Å². The third-order valence-electron chi connectivity index (χ3n) is 2.41. The minimum atomic E-state index is 0.413. The third-order valence-corrected chi connectivity index (χ3v) is 3.68. The highest BCUT2D eigenvalue weighted by molar-refractivity contribution is 7.80. The van der Waals surface area contributed by atoms with Crippen molar-refractivity contribution in [3.8, 4) is 0 Å². The highest BCUT2D eigenvalue weighted by Crippen LogP contribution is 2.27. The minimum Gasteiger partial charge on any atom is -0.389 e. The van der Waals surface area contributed by atoms with Crippen molar-refractivity contribution < 1.29 is 0 Å². The Morgan fingerprint density at radius 2 is 2.24 bits per heavy atom. The van der Waals surface area contributed by atoms with Crippen molar-refractivity contribution >= 4 is 39.4 Å². The predicted molar refractivity (Wildman–Crippen MR) is 77.2 cm³/mol. The van der Waals surface area contributed by atoms with Gasteiger partial charge in [-0.1, -0.05) is 24.4 Å². The lowest BCUT2D eigenvalue weighted by Gasteiger charge is -2.16. The fourth-order valence-corrected chi connectivity index (χ4v) is 2.39. The second-order valence-electron chi connectivity index (χ2n) is 3.75. The molecule has 0 atom stereocenters. The summed E-state index contributed by atoms with van der Waals surface area (Å²) in [7, 11) is 1.98. The third kappa shape index (κ3) is 2.62. The topological polar surface area (TPSA) is 42.1 Å². The van der Waals surface area contributed by atoms with Crippen molar-refractivity contribution in [3.63, 3.8) is 0 Å². The Morgan fingerprint density at radius 3 is 2.82 bits per heavy atom. The smallest absolute Gasteiger partial charge is 0.189 e. The van der Waals surface area contributed by atoms with Gasteiger partial charge in [0.25, 0.3) is 0 Å². The van der Waals surface area contributed by atoms with Crippen LogP contribution in [0.5, 0.6) is 0 Å². The van der Waals surface area contributed by atoms with Crippen molar-refractivity contribution in [2.24, 2.45) is 5.73 Å². The summed E-state index contributed by atoms with van der Waals surface area (Å²) in [6.45, 7) is 1.99. The summed E-state index contributed by atoms with van der Waals surface area (Å²) in [5.74, 6) is 0. The molecule has 88 valence electrons. The molecule has 0 saturated carbocycles. The van der Waals surface area contributed by atoms with E-state index in [1.165, 1.54) is 0 Å². The number of nitrogens with two attached hydrogens (primary N) is 1. The van der Waals surface area contributed by atoms with Crippen LogP contribution in [0, 0.1) is 6.92 Å². The molecule has 17 heavy (non-hydrogen) atoms. The number of nitrogens with zero attached hydrogens (tertiary/aromatic N) is 2. The van der Waals surface area contributed by atoms with Gasteiger partial charge in [0, 0.05) is 23.7 Å². The Morgan fingerprint density at radius 1 is 1.47 bits per heavy atom. The van der Waals surface area contributed by atoms with Gasteiger partial charge in [-0.3, -0.25) is 0 Å². The first-order chi connectivity index (χ1) is 8.08. The van der Waals surface area contributed by atoms with Gasteiger partial charge in [-0.05, 0) is 19.1 Å². The molecular formula is C12H13N3S2. The molecular weight excluding hydrogens is 250 g/mol. The van der Waals surface area contributed by atoms with Crippen LogP contribution in [0.1, 0.15) is 11.3 Å². The molecule has 0 fully saturated rings. The van der Waals surface area contributed by atoms with Crippen LogP contribution in [0.15, 0.2) is 29.6 Å². The van der Waals surface area contributed by atoms with E-state index in [1.807, 2.05) is 48.5 Å². The Kier molecular flexibility index (Phi) is 3.40. The standard InChI is InChI=1S/C12H13N3S2/c1-8-7-17-12(14-8)15(2)10-5-3-4-9(6-10)11(13)16/h3-7H,1-2H3,(H2,13,16). The number of aryl methyl sites for hydroxylation is 1. The van der Waals surface area contributed by atoms with Crippen LogP contribution in [0.4, 0.5) is 10.8 Å². The fourth-order valence-electron chi connectivity index (χ4n) is 1.47. The lowest BCUT2D eigenvalue weighted by molar-refractivity contribution is 1.14. The first-order valence-corrected chi connectivity index (χ1v) is 6.42. The average Bonchev–Trinajstić information content (AvgIpc) is 2.75. The second kappa shape index (κ2) is 4.81. The SMILES string of the molecule is Cc1csc(N(C)c2cccc(C(N)=S)c2)n1. The quantitative estimate of drug-likeness (QED) is 0.865. The van der Waals surface area contributed by atoms with Crippen LogP contribution in [-0.4, -0.2) is 17.0 Å². The van der Waals surface area contributed by atoms with Crippen LogP contribution in [0.2, 0.25) is 0 Å². The number of anilines is 2. The van der Waals surface area contributed by atoms with Gasteiger partial charge in [-0.25, -0.2) is 4.98 Å². The summed E-state index contributed by atoms with van der Waals surface area (Å²) >= 11 is 6.59. The molecule has 0 bridgehead atoms. The van der Waals surface area contributed by atoms with Crippen molar-refractivity contribution in [2.75, 3.05) is 11.9 Å². The largest absolute Gasteiger partial charge is 0.389 e. The molecule has 0 amide bonds. The summed E-state index contributed by atoms with van der Waals surface area (Å²) < 4.78 is 0. The molecule has 0 aliphatic carbocycles. The van der Waals surface area contributed by atoms with E-state index in [0.717, 1.165) is 22.1 Å². The van der Waals surface area contributed by atoms with E-state index < -0.39 is 0 Å². The second-order valence-corrected chi connectivity index (χ2v) is 5.02. The summed E-state index contributed by atoms with van der Waals surface area (Å²) in [5.41, 5.74) is 8.56. The van der Waals surface area contributed by atoms with Crippen LogP contribution < -0.4 is 10.6 Å². The Bertz CT molecular complexity index is 548. The normalized spacial score (nSPS) is 10.2. The van der Waals surface area contributed by atoms with Crippen molar-refractivity contribution in [3.05, 3.63) is 40.9 Å². The molecule has 0 saturated heterocycles. The number of rotatable bonds is 3. The lowest BCUT2D eigenvalue weighted by Crippen LogP contribution is -2.13. The molecule has 0 spiro atoms. The summed E-state index contributed by atoms with van der Waals surface area (Å²) in [6, 6.07) is 7.84. The molecule has 0 aliphatic rings. The van der Waals surface area contributed by atoms with E-state index in [4.69, 9.17) is 18.0 Å². The van der Waals surface area contributed by atoms with E-state index in [0.29, 0.717) is 4.99 Å². The predicted octanol–water partition coefficient (Wildman–Crippen LogP) is 2.85. The van der Waals surface area contributed by atoms with Crippen LogP contribution in [0.3, 0.4) is 0 Å². The van der Waals surface area contributed by atoms with Gasteiger partial charge >= 0.3 is 0 Å². The zero-order valence-electron chi connectivity index (χ0n) is 9.68. The van der Waals surface area contributed by atoms with Crippen molar-refractivity contribution in [1.82, 2.24) is 4.98 Å². The lowest BCUT2D eigenvalue weighted by atomic mass is 10.2. The average molecular weight is 263 g/mol. The maximum absolute atomic E-state index is 5.63. The van der Waals surface area contributed by atoms with Gasteiger partial charge < -0.3 is 10.6 Å². The number of hydrogen-bond donors (Lipinski definition) is 1. The highest BCUT2D eigenvalue weighted by atomic mass is 32.1. The molecule has 1 aromatic heterocycles. The summed E-state index contributed by atoms with van der Waals surface area (Å²) in [4.78, 5) is 6.88. The van der Waals surface area contributed by atoms with Gasteiger partial charge in [-0.2, -0.15) is 0 Å². The molecule has 0 unspecified atom stereocenters. The number of aromatic nitrogens is 1. The zero-order valence-corrected chi connectivity index (χ0v) is 11.3. The number of hydrogen-bond acceptors (Lipinski definition) is 4. The summed E-state index contributed by atoms with van der Waals surface area (Å²) in [6.07, 6.45) is 0. The van der Waals surface area contributed by atoms with Gasteiger partial charge in [0.15, 0.2) is 5.13 Å². The molecule has 2 aromatic rings. The first kappa shape index (κ1) is 12.0. The molecule has 2 N–H and O–H groups in total. The van der Waals surface area contributed by atoms with Crippen LogP contribution in [0.25, 0.3) is 0 Å². The van der Waals surface area contributed by atoms with Gasteiger partial charge in [0.1, 0.15) is 4.99 Å². The van der Waals surface area contributed by atoms with Crippen LogP contribution >= 0.6 is 23.6 Å². The first-order valence-electron chi connectivity index (χ1n) is 5.13. The molecule has 3 nitrogen and oxygen atoms in total. The van der Waals surface area contributed by atoms with Crippen molar-refractivity contribution in [1.29, 1.82) is 0 Å². The Balaban J connectivity index is 2.33. The number of benzene rings is 1. The van der Waals surface area contributed by atoms with E-state index >= 15 is 0 Å². The Labute approximate surface area is 110 Å². The Hall–Kier alpha value is -1.46. The van der Waals surface area contributed by atoms with Crippen molar-refractivity contribution in [2.45, 2.75) is 6.92 Å². The summed E-state index contributed by atoms with van der Waals surface area (Å²) in [5, 5.41) is 2.99. The minimum absolute atomic E-state index is 0.413. The zero-order chi connectivity index (χ0) is 12.4. The number of thiazole rings is 1. The van der Waals surface area contributed by atoms with Crippen LogP contribution in [-0.2, 0) is 0 Å². The maximum Gasteiger partial charge on any atom is 0.189 e. The van der Waals surface area contributed by atoms with E-state index in [2.05, 4.69) is 4.98 Å². The molecule has 5 heteroatoms. The van der Waals surface area contributed by atoms with E-state index in [-0.39, 0.29) is 0 Å². The fraction of sp³-hybridized carbons (Fsp3) is 0.167. The maximum atomic E-state index is 5.63. The highest BCUT2D eigenvalue weighted by Gasteiger charge is 2.08. The van der Waals surface area contributed by atoms with Gasteiger partial charge in [0.2, 0.25) is 0 Å². The molecule has 1 heterocycles. The number of thiocarbonyl (C=S) groups is 1. The monoisotopic (exact) mass is 263 g/mol. The van der Waals surface area contributed by atoms with Gasteiger partial charge in [-0.15, -0.1) is 11.3 Å². The van der Waals surface area contributed by atoms with Gasteiger partial charge in [0.05, 0.1) is 5.69 Å². The molecule has 2 rings (SSSR count). The molecule has 0 aliphatic heterocycles. The molecule has 1 aromatic carbocycles. The van der Waals surface area contributed by atoms with E-state index in [9.17, 15) is 0 Å². The molecule has 0 radical (unpaired) electrons.